The highest BCUT2D eigenvalue weighted by molar-refractivity contribution is 5.92. The van der Waals surface area contributed by atoms with Crippen LogP contribution in [0.3, 0.4) is 0 Å². The lowest BCUT2D eigenvalue weighted by atomic mass is 10.1. The van der Waals surface area contributed by atoms with E-state index in [1.165, 1.54) is 31.9 Å². The number of oxazole rings is 1. The first-order valence-electron chi connectivity index (χ1n) is 8.77. The second-order valence-electron chi connectivity index (χ2n) is 6.26. The summed E-state index contributed by atoms with van der Waals surface area (Å²) in [5.41, 5.74) is 0.300. The van der Waals surface area contributed by atoms with Crippen LogP contribution >= 0.6 is 0 Å². The third-order valence-electron chi connectivity index (χ3n) is 4.38. The highest BCUT2D eigenvalue weighted by Crippen LogP contribution is 2.20. The summed E-state index contributed by atoms with van der Waals surface area (Å²) in [5.74, 6) is 1.56. The zero-order valence-corrected chi connectivity index (χ0v) is 14.5. The van der Waals surface area contributed by atoms with Crippen LogP contribution in [0.1, 0.15) is 54.9 Å². The maximum atomic E-state index is 12.3. The molecule has 1 aliphatic rings. The molecule has 1 heterocycles. The van der Waals surface area contributed by atoms with Gasteiger partial charge in [0.05, 0.1) is 7.11 Å². The summed E-state index contributed by atoms with van der Waals surface area (Å²) in [6, 6.07) is 7.53. The molecule has 0 unspecified atom stereocenters. The zero-order chi connectivity index (χ0) is 17.5. The number of hydrogen-bond donors (Lipinski definition) is 1. The number of carbonyl (C=O) groups excluding carboxylic acids is 1. The Balaban J connectivity index is 1.53. The van der Waals surface area contributed by atoms with E-state index in [4.69, 9.17) is 13.9 Å². The molecule has 0 aliphatic heterocycles. The number of rotatable bonds is 6. The molecule has 1 N–H and O–H groups in total. The molecule has 1 aromatic heterocycles. The second-order valence-corrected chi connectivity index (χ2v) is 6.26. The molecule has 1 fully saturated rings. The molecule has 1 saturated carbocycles. The van der Waals surface area contributed by atoms with E-state index in [-0.39, 0.29) is 18.6 Å². The summed E-state index contributed by atoms with van der Waals surface area (Å²) in [6.07, 6.45) is 8.30. The second kappa shape index (κ2) is 8.55. The molecule has 134 valence electrons. The van der Waals surface area contributed by atoms with E-state index in [9.17, 15) is 4.79 Å². The van der Waals surface area contributed by atoms with Gasteiger partial charge in [0.1, 0.15) is 17.8 Å². The summed E-state index contributed by atoms with van der Waals surface area (Å²) < 4.78 is 16.1. The summed E-state index contributed by atoms with van der Waals surface area (Å²) in [7, 11) is 1.60. The number of amides is 1. The number of ether oxygens (including phenoxy) is 2. The third kappa shape index (κ3) is 4.98. The summed E-state index contributed by atoms with van der Waals surface area (Å²) >= 11 is 0. The number of nitrogens with zero attached hydrogens (tertiary/aromatic N) is 1. The maximum Gasteiger partial charge on any atom is 0.273 e. The first kappa shape index (κ1) is 17.3. The molecule has 1 aromatic carbocycles. The van der Waals surface area contributed by atoms with Gasteiger partial charge < -0.3 is 19.2 Å². The summed E-state index contributed by atoms with van der Waals surface area (Å²) in [5, 5.41) is 3.06. The topological polar surface area (TPSA) is 73.6 Å². The van der Waals surface area contributed by atoms with Gasteiger partial charge in [0.2, 0.25) is 5.89 Å². The van der Waals surface area contributed by atoms with Gasteiger partial charge in [-0.1, -0.05) is 31.7 Å². The maximum absolute atomic E-state index is 12.3. The first-order chi connectivity index (χ1) is 12.2. The van der Waals surface area contributed by atoms with Crippen LogP contribution in [0.15, 0.2) is 34.9 Å². The van der Waals surface area contributed by atoms with Crippen LogP contribution in [-0.4, -0.2) is 24.0 Å². The Morgan fingerprint density at radius 3 is 2.76 bits per heavy atom. The van der Waals surface area contributed by atoms with Gasteiger partial charge in [-0.05, 0) is 25.0 Å². The average Bonchev–Trinajstić information content (AvgIpc) is 2.97. The quantitative estimate of drug-likeness (QED) is 0.809. The molecule has 1 aliphatic carbocycles. The van der Waals surface area contributed by atoms with Gasteiger partial charge in [-0.15, -0.1) is 0 Å². The van der Waals surface area contributed by atoms with Gasteiger partial charge in [-0.3, -0.25) is 4.79 Å². The van der Waals surface area contributed by atoms with Gasteiger partial charge in [-0.2, -0.15) is 0 Å². The van der Waals surface area contributed by atoms with Crippen molar-refractivity contribution in [3.05, 3.63) is 42.1 Å². The van der Waals surface area contributed by atoms with Crippen LogP contribution in [0.2, 0.25) is 0 Å². The largest absolute Gasteiger partial charge is 0.497 e. The van der Waals surface area contributed by atoms with E-state index in [1.54, 1.807) is 13.2 Å². The van der Waals surface area contributed by atoms with E-state index in [0.29, 0.717) is 23.1 Å². The van der Waals surface area contributed by atoms with E-state index < -0.39 is 0 Å². The van der Waals surface area contributed by atoms with Gasteiger partial charge in [0, 0.05) is 12.1 Å². The Morgan fingerprint density at radius 2 is 2.00 bits per heavy atom. The SMILES string of the molecule is COc1cccc(OCc2nc(C(=O)NC3CCCCCC3)co2)c1. The zero-order valence-electron chi connectivity index (χ0n) is 14.5. The van der Waals surface area contributed by atoms with Crippen molar-refractivity contribution in [3.8, 4) is 11.5 Å². The molecule has 0 atom stereocenters. The number of aromatic nitrogens is 1. The van der Waals surface area contributed by atoms with Gasteiger partial charge in [0.15, 0.2) is 12.3 Å². The molecular formula is C19H24N2O4. The van der Waals surface area contributed by atoms with Crippen LogP contribution in [0.25, 0.3) is 0 Å². The Kier molecular flexibility index (Phi) is 5.93. The fourth-order valence-electron chi connectivity index (χ4n) is 3.00. The van der Waals surface area contributed by atoms with Crippen molar-refractivity contribution in [2.45, 2.75) is 51.2 Å². The molecule has 0 bridgehead atoms. The normalized spacial score (nSPS) is 15.4. The van der Waals surface area contributed by atoms with Crippen LogP contribution in [-0.2, 0) is 6.61 Å². The van der Waals surface area contributed by atoms with E-state index in [2.05, 4.69) is 10.3 Å². The van der Waals surface area contributed by atoms with Crippen LogP contribution in [0.4, 0.5) is 0 Å². The van der Waals surface area contributed by atoms with Gasteiger partial charge in [0.25, 0.3) is 5.91 Å². The van der Waals surface area contributed by atoms with Crippen molar-refractivity contribution in [2.24, 2.45) is 0 Å². The predicted molar refractivity (Wildman–Crippen MR) is 92.8 cm³/mol. The minimum atomic E-state index is -0.178. The lowest BCUT2D eigenvalue weighted by molar-refractivity contribution is 0.0928. The molecule has 0 spiro atoms. The van der Waals surface area contributed by atoms with Crippen molar-refractivity contribution >= 4 is 5.91 Å². The van der Waals surface area contributed by atoms with Crippen LogP contribution < -0.4 is 14.8 Å². The standard InChI is InChI=1S/C19H24N2O4/c1-23-15-9-6-10-16(11-15)24-13-18-21-17(12-25-18)19(22)20-14-7-4-2-3-5-8-14/h6,9-12,14H,2-5,7-8,13H2,1H3,(H,20,22). The van der Waals surface area contributed by atoms with Crippen LogP contribution in [0, 0.1) is 0 Å². The monoisotopic (exact) mass is 344 g/mol. The van der Waals surface area contributed by atoms with Crippen molar-refractivity contribution in [1.29, 1.82) is 0 Å². The molecule has 1 amide bonds. The minimum Gasteiger partial charge on any atom is -0.497 e. The smallest absolute Gasteiger partial charge is 0.273 e. The molecular weight excluding hydrogens is 320 g/mol. The predicted octanol–water partition coefficient (Wildman–Crippen LogP) is 3.71. The Hall–Kier alpha value is -2.50. The lowest BCUT2D eigenvalue weighted by Crippen LogP contribution is -2.34. The molecule has 25 heavy (non-hydrogen) atoms. The summed E-state index contributed by atoms with van der Waals surface area (Å²) in [6.45, 7) is 0.157. The molecule has 6 nitrogen and oxygen atoms in total. The molecule has 3 rings (SSSR count). The highest BCUT2D eigenvalue weighted by Gasteiger charge is 2.18. The van der Waals surface area contributed by atoms with Crippen LogP contribution in [0.5, 0.6) is 11.5 Å². The molecule has 2 aromatic rings. The number of benzene rings is 1. The van der Waals surface area contributed by atoms with Gasteiger partial charge in [-0.25, -0.2) is 4.98 Å². The average molecular weight is 344 g/mol. The fourth-order valence-corrected chi connectivity index (χ4v) is 3.00. The Labute approximate surface area is 147 Å². The highest BCUT2D eigenvalue weighted by atomic mass is 16.5. The minimum absolute atomic E-state index is 0.157. The summed E-state index contributed by atoms with van der Waals surface area (Å²) in [4.78, 5) is 16.5. The Bertz CT molecular complexity index is 690. The van der Waals surface area contributed by atoms with Gasteiger partial charge >= 0.3 is 0 Å². The lowest BCUT2D eigenvalue weighted by Gasteiger charge is -2.14. The van der Waals surface area contributed by atoms with Crippen molar-refractivity contribution in [2.75, 3.05) is 7.11 Å². The molecule has 6 heteroatoms. The molecule has 0 saturated heterocycles. The number of methoxy groups -OCH3 is 1. The first-order valence-corrected chi connectivity index (χ1v) is 8.77. The Morgan fingerprint density at radius 1 is 1.24 bits per heavy atom. The van der Waals surface area contributed by atoms with Crippen molar-refractivity contribution in [1.82, 2.24) is 10.3 Å². The number of nitrogens with one attached hydrogen (secondary N) is 1. The van der Waals surface area contributed by atoms with E-state index in [0.717, 1.165) is 12.8 Å². The van der Waals surface area contributed by atoms with E-state index >= 15 is 0 Å². The molecule has 0 radical (unpaired) electrons. The third-order valence-corrected chi connectivity index (χ3v) is 4.38. The fraction of sp³-hybridized carbons (Fsp3) is 0.474. The number of hydrogen-bond acceptors (Lipinski definition) is 5. The number of carbonyl (C=O) groups is 1. The van der Waals surface area contributed by atoms with E-state index in [1.807, 2.05) is 18.2 Å². The van der Waals surface area contributed by atoms with Crippen molar-refractivity contribution < 1.29 is 18.7 Å². The van der Waals surface area contributed by atoms with Crippen molar-refractivity contribution in [3.63, 3.8) is 0 Å².